The molecule has 1 amide bonds. The van der Waals surface area contributed by atoms with E-state index in [0.29, 0.717) is 16.7 Å². The van der Waals surface area contributed by atoms with Crippen LogP contribution in [0.5, 0.6) is 0 Å². The fraction of sp³-hybridized carbons (Fsp3) is 0.200. The molecule has 1 aromatic heterocycles. The third kappa shape index (κ3) is 4.20. The van der Waals surface area contributed by atoms with E-state index >= 15 is 0 Å². The summed E-state index contributed by atoms with van der Waals surface area (Å²) < 4.78 is 1.41. The molecule has 0 unspecified atom stereocenters. The fourth-order valence-corrected chi connectivity index (χ4v) is 2.69. The Morgan fingerprint density at radius 2 is 1.89 bits per heavy atom. The highest BCUT2D eigenvalue weighted by Gasteiger charge is 2.10. The zero-order valence-electron chi connectivity index (χ0n) is 15.5. The van der Waals surface area contributed by atoms with E-state index in [0.717, 1.165) is 11.3 Å². The van der Waals surface area contributed by atoms with Gasteiger partial charge in [-0.15, -0.1) is 0 Å². The van der Waals surface area contributed by atoms with Crippen LogP contribution in [-0.4, -0.2) is 35.8 Å². The molecule has 1 heterocycles. The lowest BCUT2D eigenvalue weighted by atomic mass is 10.2. The molecule has 0 bridgehead atoms. The highest BCUT2D eigenvalue weighted by atomic mass is 16.2. The Hall–Kier alpha value is -3.48. The lowest BCUT2D eigenvalue weighted by molar-refractivity contribution is -0.121. The van der Waals surface area contributed by atoms with Crippen molar-refractivity contribution in [3.8, 4) is 0 Å². The maximum Gasteiger partial charge on any atom is 0.272 e. The third-order valence-corrected chi connectivity index (χ3v) is 4.13. The summed E-state index contributed by atoms with van der Waals surface area (Å²) in [5.41, 5.74) is 5.77. The number of anilines is 1. The highest BCUT2D eigenvalue weighted by Crippen LogP contribution is 2.11. The van der Waals surface area contributed by atoms with Gasteiger partial charge in [-0.3, -0.25) is 14.2 Å². The maximum atomic E-state index is 12.4. The molecule has 0 radical (unpaired) electrons. The topological polar surface area (TPSA) is 79.6 Å². The van der Waals surface area contributed by atoms with E-state index < -0.39 is 0 Å². The van der Waals surface area contributed by atoms with E-state index in [4.69, 9.17) is 0 Å². The van der Waals surface area contributed by atoms with Crippen molar-refractivity contribution >= 4 is 28.8 Å². The second-order valence-corrected chi connectivity index (χ2v) is 6.36. The molecule has 0 saturated carbocycles. The molecule has 3 aromatic rings. The van der Waals surface area contributed by atoms with Crippen molar-refractivity contribution in [2.75, 3.05) is 19.0 Å². The van der Waals surface area contributed by atoms with Gasteiger partial charge in [-0.25, -0.2) is 10.4 Å². The summed E-state index contributed by atoms with van der Waals surface area (Å²) in [6.07, 6.45) is 1.57. The highest BCUT2D eigenvalue weighted by molar-refractivity contribution is 5.83. The molecule has 0 spiro atoms. The van der Waals surface area contributed by atoms with Gasteiger partial charge in [-0.05, 0) is 36.8 Å². The van der Waals surface area contributed by atoms with Gasteiger partial charge in [-0.1, -0.05) is 24.3 Å². The quantitative estimate of drug-likeness (QED) is 0.555. The standard InChI is InChI=1S/C20H21N5O2/c1-14-20(27)25(18-7-5-4-6-17(18)22-14)13-19(26)23-21-12-15-8-10-16(11-9-15)24(2)3/h4-12H,13H2,1-3H3,(H,23,26)/b21-12-. The van der Waals surface area contributed by atoms with Crippen LogP contribution in [0.4, 0.5) is 5.69 Å². The number of nitrogens with zero attached hydrogens (tertiary/aromatic N) is 4. The predicted octanol–water partition coefficient (Wildman–Crippen LogP) is 1.92. The van der Waals surface area contributed by atoms with Crippen LogP contribution >= 0.6 is 0 Å². The lowest BCUT2D eigenvalue weighted by Gasteiger charge is -2.11. The van der Waals surface area contributed by atoms with Gasteiger partial charge in [0, 0.05) is 19.8 Å². The summed E-state index contributed by atoms with van der Waals surface area (Å²) in [7, 11) is 3.94. The Labute approximate surface area is 157 Å². The van der Waals surface area contributed by atoms with Crippen molar-refractivity contribution in [1.82, 2.24) is 15.0 Å². The number of benzene rings is 2. The Kier molecular flexibility index (Phi) is 5.30. The number of hydrazone groups is 1. The van der Waals surface area contributed by atoms with E-state index in [1.807, 2.05) is 61.5 Å². The summed E-state index contributed by atoms with van der Waals surface area (Å²) in [6.45, 7) is 1.51. The second kappa shape index (κ2) is 7.82. The average Bonchev–Trinajstić information content (AvgIpc) is 2.66. The molecule has 3 rings (SSSR count). The van der Waals surface area contributed by atoms with Gasteiger partial charge in [0.15, 0.2) is 0 Å². The second-order valence-electron chi connectivity index (χ2n) is 6.36. The Morgan fingerprint density at radius 3 is 2.59 bits per heavy atom. The van der Waals surface area contributed by atoms with Crippen molar-refractivity contribution in [3.05, 3.63) is 70.1 Å². The van der Waals surface area contributed by atoms with Crippen molar-refractivity contribution in [2.24, 2.45) is 5.10 Å². The molecule has 138 valence electrons. The van der Waals surface area contributed by atoms with Crippen LogP contribution in [0.3, 0.4) is 0 Å². The van der Waals surface area contributed by atoms with Crippen molar-refractivity contribution < 1.29 is 4.79 Å². The molecule has 0 aliphatic heterocycles. The van der Waals surface area contributed by atoms with Crippen LogP contribution in [0.1, 0.15) is 11.3 Å². The van der Waals surface area contributed by atoms with Gasteiger partial charge in [0.2, 0.25) is 0 Å². The molecule has 27 heavy (non-hydrogen) atoms. The van der Waals surface area contributed by atoms with Gasteiger partial charge in [0.1, 0.15) is 12.2 Å². The Balaban J connectivity index is 1.72. The number of hydrogen-bond donors (Lipinski definition) is 1. The first-order valence-corrected chi connectivity index (χ1v) is 8.51. The average molecular weight is 363 g/mol. The van der Waals surface area contributed by atoms with E-state index in [-0.39, 0.29) is 18.0 Å². The van der Waals surface area contributed by atoms with E-state index in [9.17, 15) is 9.59 Å². The van der Waals surface area contributed by atoms with E-state index in [1.54, 1.807) is 19.2 Å². The van der Waals surface area contributed by atoms with Crippen LogP contribution in [0.2, 0.25) is 0 Å². The Bertz CT molecular complexity index is 1050. The van der Waals surface area contributed by atoms with Crippen molar-refractivity contribution in [3.63, 3.8) is 0 Å². The number of para-hydroxylation sites is 2. The van der Waals surface area contributed by atoms with Crippen LogP contribution in [0.15, 0.2) is 58.4 Å². The molecule has 7 heteroatoms. The SMILES string of the molecule is Cc1nc2ccccc2n(CC(=O)N/N=C\c2ccc(N(C)C)cc2)c1=O. The van der Waals surface area contributed by atoms with E-state index in [2.05, 4.69) is 15.5 Å². The number of rotatable bonds is 5. The third-order valence-electron chi connectivity index (χ3n) is 4.13. The zero-order chi connectivity index (χ0) is 19.4. The molecule has 2 aromatic carbocycles. The molecule has 0 aliphatic carbocycles. The predicted molar refractivity (Wildman–Crippen MR) is 107 cm³/mol. The minimum atomic E-state index is -0.381. The van der Waals surface area contributed by atoms with Crippen molar-refractivity contribution in [1.29, 1.82) is 0 Å². The molecule has 7 nitrogen and oxygen atoms in total. The summed E-state index contributed by atoms with van der Waals surface area (Å²) in [5, 5.41) is 3.98. The smallest absolute Gasteiger partial charge is 0.272 e. The number of amides is 1. The normalized spacial score (nSPS) is 11.1. The molecule has 1 N–H and O–H groups in total. The van der Waals surface area contributed by atoms with Gasteiger partial charge < -0.3 is 4.90 Å². The number of aryl methyl sites for hydroxylation is 1. The van der Waals surface area contributed by atoms with Gasteiger partial charge in [0.05, 0.1) is 17.2 Å². The minimum Gasteiger partial charge on any atom is -0.378 e. The van der Waals surface area contributed by atoms with Crippen molar-refractivity contribution in [2.45, 2.75) is 13.5 Å². The molecule has 0 fully saturated rings. The summed E-state index contributed by atoms with van der Waals surface area (Å²) in [6, 6.07) is 15.0. The van der Waals surface area contributed by atoms with E-state index in [1.165, 1.54) is 4.57 Å². The minimum absolute atomic E-state index is 0.125. The summed E-state index contributed by atoms with van der Waals surface area (Å²) >= 11 is 0. The first kappa shape index (κ1) is 18.3. The first-order valence-electron chi connectivity index (χ1n) is 8.51. The zero-order valence-corrected chi connectivity index (χ0v) is 15.5. The monoisotopic (exact) mass is 363 g/mol. The van der Waals surface area contributed by atoms with Gasteiger partial charge >= 0.3 is 0 Å². The van der Waals surface area contributed by atoms with Crippen LogP contribution in [0.25, 0.3) is 11.0 Å². The largest absolute Gasteiger partial charge is 0.378 e. The maximum absolute atomic E-state index is 12.4. The van der Waals surface area contributed by atoms with Crippen LogP contribution < -0.4 is 15.9 Å². The summed E-state index contributed by atoms with van der Waals surface area (Å²) in [4.78, 5) is 30.9. The molecule has 0 atom stereocenters. The molecule has 0 saturated heterocycles. The fourth-order valence-electron chi connectivity index (χ4n) is 2.69. The van der Waals surface area contributed by atoms with Gasteiger partial charge in [-0.2, -0.15) is 5.10 Å². The number of hydrogen-bond acceptors (Lipinski definition) is 5. The number of nitrogens with one attached hydrogen (secondary N) is 1. The molecular formula is C20H21N5O2. The van der Waals surface area contributed by atoms with Gasteiger partial charge in [0.25, 0.3) is 11.5 Å². The molecular weight excluding hydrogens is 342 g/mol. The first-order chi connectivity index (χ1) is 13.0. The van der Waals surface area contributed by atoms with Crippen LogP contribution in [-0.2, 0) is 11.3 Å². The molecule has 0 aliphatic rings. The number of carbonyl (C=O) groups excluding carboxylic acids is 1. The number of aromatic nitrogens is 2. The lowest BCUT2D eigenvalue weighted by Crippen LogP contribution is -2.31. The summed E-state index contributed by atoms with van der Waals surface area (Å²) in [5.74, 6) is -0.381. The number of fused-ring (bicyclic) bond motifs is 1. The Morgan fingerprint density at radius 1 is 1.19 bits per heavy atom. The van der Waals surface area contributed by atoms with Crippen LogP contribution in [0, 0.1) is 6.92 Å². The number of carbonyl (C=O) groups is 1.